The summed E-state index contributed by atoms with van der Waals surface area (Å²) in [5, 5.41) is 33.6. The van der Waals surface area contributed by atoms with E-state index < -0.39 is 29.2 Å². The number of carboxylic acid groups (broad SMARTS) is 1. The van der Waals surface area contributed by atoms with E-state index in [0.29, 0.717) is 15.8 Å². The van der Waals surface area contributed by atoms with E-state index in [1.165, 1.54) is 32.4 Å². The van der Waals surface area contributed by atoms with Gasteiger partial charge in [-0.15, -0.1) is 22.0 Å². The number of aromatic nitrogens is 8. The van der Waals surface area contributed by atoms with E-state index in [-0.39, 0.29) is 12.2 Å². The van der Waals surface area contributed by atoms with Gasteiger partial charge in [-0.2, -0.15) is 0 Å². The zero-order chi connectivity index (χ0) is 19.8. The molecule has 1 fully saturated rings. The van der Waals surface area contributed by atoms with Crippen LogP contribution in [0.25, 0.3) is 0 Å². The van der Waals surface area contributed by atoms with Gasteiger partial charge < -0.3 is 10.4 Å². The first-order valence-corrected chi connectivity index (χ1v) is 9.63. The monoisotopic (exact) mass is 424 g/mol. The first-order chi connectivity index (χ1) is 13.5. The lowest BCUT2D eigenvalue weighted by Gasteiger charge is -2.49. The van der Waals surface area contributed by atoms with E-state index in [4.69, 9.17) is 0 Å². The van der Waals surface area contributed by atoms with Crippen molar-refractivity contribution >= 4 is 41.3 Å². The van der Waals surface area contributed by atoms with Gasteiger partial charge in [0, 0.05) is 17.7 Å². The third kappa shape index (κ3) is 3.19. The summed E-state index contributed by atoms with van der Waals surface area (Å²) in [6, 6.07) is -0.814. The molecule has 14 nitrogen and oxygen atoms in total. The Morgan fingerprint density at radius 3 is 2.86 bits per heavy atom. The van der Waals surface area contributed by atoms with Crippen LogP contribution in [0.2, 0.25) is 0 Å². The second kappa shape index (κ2) is 7.19. The zero-order valence-electron chi connectivity index (χ0n) is 14.2. The standard InChI is InChI=1S/C12H12N10O4S2/c1-20-12(15-17-18-20)28-5-3-27-10-7(9(24)22(10)8(5)11(25)26)14-6(23)2-21-4-13-16-19-21/h4,7,10H,2-3H2,1H3,(H,14,23)(H,25,26)/t7-,10+/m1/s1. The van der Waals surface area contributed by atoms with Gasteiger partial charge in [0.25, 0.3) is 5.91 Å². The second-order valence-electron chi connectivity index (χ2n) is 5.73. The summed E-state index contributed by atoms with van der Waals surface area (Å²) in [5.41, 5.74) is -0.118. The molecule has 2 amide bonds. The summed E-state index contributed by atoms with van der Waals surface area (Å²) in [5.74, 6) is -1.83. The maximum Gasteiger partial charge on any atom is 0.353 e. The third-order valence-electron chi connectivity index (χ3n) is 3.95. The van der Waals surface area contributed by atoms with E-state index in [1.807, 2.05) is 0 Å². The first kappa shape index (κ1) is 18.4. The van der Waals surface area contributed by atoms with Crippen LogP contribution in [0.5, 0.6) is 0 Å². The first-order valence-electron chi connectivity index (χ1n) is 7.77. The molecule has 4 heterocycles. The van der Waals surface area contributed by atoms with Crippen LogP contribution in [0.3, 0.4) is 0 Å². The molecule has 0 saturated carbocycles. The number of rotatable bonds is 6. The van der Waals surface area contributed by atoms with Crippen molar-refractivity contribution in [3.63, 3.8) is 0 Å². The van der Waals surface area contributed by atoms with Crippen LogP contribution >= 0.6 is 23.5 Å². The van der Waals surface area contributed by atoms with E-state index >= 15 is 0 Å². The Hall–Kier alpha value is -3.01. The molecule has 28 heavy (non-hydrogen) atoms. The highest BCUT2D eigenvalue weighted by atomic mass is 32.2. The lowest BCUT2D eigenvalue weighted by molar-refractivity contribution is -0.150. The smallest absolute Gasteiger partial charge is 0.353 e. The Bertz CT molecular complexity index is 973. The van der Waals surface area contributed by atoms with Gasteiger partial charge in [0.2, 0.25) is 11.1 Å². The van der Waals surface area contributed by atoms with E-state index in [0.717, 1.165) is 11.8 Å². The van der Waals surface area contributed by atoms with Crippen LogP contribution < -0.4 is 5.32 Å². The number of carbonyl (C=O) groups excluding carboxylic acids is 2. The van der Waals surface area contributed by atoms with Gasteiger partial charge in [-0.05, 0) is 32.6 Å². The fourth-order valence-corrected chi connectivity index (χ4v) is 5.09. The highest BCUT2D eigenvalue weighted by Gasteiger charge is 2.54. The third-order valence-corrected chi connectivity index (χ3v) is 6.52. The molecule has 4 rings (SSSR count). The molecule has 0 radical (unpaired) electrons. The average molecular weight is 424 g/mol. The van der Waals surface area contributed by atoms with Gasteiger partial charge in [0.05, 0.1) is 0 Å². The summed E-state index contributed by atoms with van der Waals surface area (Å²) in [6.07, 6.45) is 1.28. The number of aliphatic carboxylic acids is 1. The van der Waals surface area contributed by atoms with Gasteiger partial charge in [-0.1, -0.05) is 0 Å². The topological polar surface area (TPSA) is 174 Å². The summed E-state index contributed by atoms with van der Waals surface area (Å²) >= 11 is 2.45. The lowest BCUT2D eigenvalue weighted by Crippen LogP contribution is -2.70. The van der Waals surface area contributed by atoms with Crippen LogP contribution in [0.1, 0.15) is 0 Å². The highest BCUT2D eigenvalue weighted by Crippen LogP contribution is 2.44. The normalized spacial score (nSPS) is 21.3. The van der Waals surface area contributed by atoms with Gasteiger partial charge >= 0.3 is 5.97 Å². The van der Waals surface area contributed by atoms with Crippen LogP contribution in [0.4, 0.5) is 0 Å². The van der Waals surface area contributed by atoms with Crippen molar-refractivity contribution in [2.75, 3.05) is 5.75 Å². The SMILES string of the molecule is Cn1nnnc1SC1=C(C(=O)O)N2C(=O)[C@@H](NC(=O)Cn3cnnn3)[C@@H]2SC1. The molecule has 16 heteroatoms. The Labute approximate surface area is 164 Å². The summed E-state index contributed by atoms with van der Waals surface area (Å²) < 4.78 is 2.63. The van der Waals surface area contributed by atoms with Crippen LogP contribution in [0, 0.1) is 0 Å². The second-order valence-corrected chi connectivity index (χ2v) is 7.89. The van der Waals surface area contributed by atoms with Crippen molar-refractivity contribution in [3.8, 4) is 0 Å². The molecule has 2 aliphatic rings. The number of hydrogen-bond donors (Lipinski definition) is 2. The number of amides is 2. The molecule has 2 aromatic heterocycles. The number of nitrogens with one attached hydrogen (secondary N) is 1. The van der Waals surface area contributed by atoms with Crippen molar-refractivity contribution in [1.29, 1.82) is 0 Å². The molecule has 146 valence electrons. The molecular weight excluding hydrogens is 412 g/mol. The predicted molar refractivity (Wildman–Crippen MR) is 92.2 cm³/mol. The number of thioether (sulfide) groups is 2. The quantitative estimate of drug-likeness (QED) is 0.475. The number of fused-ring (bicyclic) bond motifs is 1. The number of carboxylic acids is 1. The molecule has 0 unspecified atom stereocenters. The minimum Gasteiger partial charge on any atom is -0.477 e. The van der Waals surface area contributed by atoms with Crippen LogP contribution in [-0.2, 0) is 28.0 Å². The van der Waals surface area contributed by atoms with Gasteiger partial charge in [0.1, 0.15) is 30.0 Å². The van der Waals surface area contributed by atoms with Crippen molar-refractivity contribution in [2.24, 2.45) is 7.05 Å². The molecular formula is C12H12N10O4S2. The summed E-state index contributed by atoms with van der Waals surface area (Å²) in [4.78, 5) is 38.1. The number of hydrogen-bond acceptors (Lipinski definition) is 11. The number of carbonyl (C=O) groups is 3. The summed E-state index contributed by atoms with van der Waals surface area (Å²) in [7, 11) is 1.63. The molecule has 2 aromatic rings. The lowest BCUT2D eigenvalue weighted by atomic mass is 10.1. The Balaban J connectivity index is 1.50. The molecule has 2 aliphatic heterocycles. The highest BCUT2D eigenvalue weighted by molar-refractivity contribution is 8.06. The maximum atomic E-state index is 12.6. The maximum absolute atomic E-state index is 12.6. The molecule has 0 aromatic carbocycles. The number of nitrogens with zero attached hydrogens (tertiary/aromatic N) is 9. The van der Waals surface area contributed by atoms with Crippen molar-refractivity contribution in [3.05, 3.63) is 16.9 Å². The Morgan fingerprint density at radius 1 is 1.39 bits per heavy atom. The molecule has 2 atom stereocenters. The van der Waals surface area contributed by atoms with E-state index in [9.17, 15) is 19.5 Å². The minimum atomic E-state index is -1.23. The predicted octanol–water partition coefficient (Wildman–Crippen LogP) is -2.31. The molecule has 0 bridgehead atoms. The van der Waals surface area contributed by atoms with E-state index in [1.54, 1.807) is 7.05 Å². The minimum absolute atomic E-state index is 0.118. The van der Waals surface area contributed by atoms with E-state index in [2.05, 4.69) is 36.4 Å². The average Bonchev–Trinajstić information content (AvgIpc) is 3.31. The van der Waals surface area contributed by atoms with Crippen molar-refractivity contribution < 1.29 is 19.5 Å². The Kier molecular flexibility index (Phi) is 4.71. The fourth-order valence-electron chi connectivity index (χ4n) is 2.71. The van der Waals surface area contributed by atoms with Crippen molar-refractivity contribution in [1.82, 2.24) is 50.6 Å². The molecule has 2 N–H and O–H groups in total. The number of aryl methyl sites for hydroxylation is 1. The molecule has 0 aliphatic carbocycles. The number of tetrazole rings is 2. The largest absolute Gasteiger partial charge is 0.477 e. The van der Waals surface area contributed by atoms with Crippen LogP contribution in [-0.4, -0.2) is 85.4 Å². The molecule has 1 saturated heterocycles. The number of β-lactam (4-membered cyclic amide) rings is 1. The zero-order valence-corrected chi connectivity index (χ0v) is 15.8. The molecule has 0 spiro atoms. The fraction of sp³-hybridized carbons (Fsp3) is 0.417. The summed E-state index contributed by atoms with van der Waals surface area (Å²) in [6.45, 7) is -0.143. The van der Waals surface area contributed by atoms with Gasteiger partial charge in [-0.25, -0.2) is 14.2 Å². The van der Waals surface area contributed by atoms with Crippen LogP contribution in [0.15, 0.2) is 22.1 Å². The Morgan fingerprint density at radius 2 is 2.21 bits per heavy atom. The van der Waals surface area contributed by atoms with Gasteiger partial charge in [0.15, 0.2) is 0 Å². The van der Waals surface area contributed by atoms with Gasteiger partial charge in [-0.3, -0.25) is 14.5 Å². The van der Waals surface area contributed by atoms with Crippen molar-refractivity contribution in [2.45, 2.75) is 23.1 Å².